The monoisotopic (exact) mass is 820 g/mol. The molecular formula is C46H52N4O10. The van der Waals surface area contributed by atoms with Gasteiger partial charge < -0.3 is 47.7 Å². The summed E-state index contributed by atoms with van der Waals surface area (Å²) in [6.07, 6.45) is 0.385. The molecule has 60 heavy (non-hydrogen) atoms. The Hall–Kier alpha value is -5.86. The van der Waals surface area contributed by atoms with Crippen LogP contribution in [0.3, 0.4) is 0 Å². The number of hydrogen-bond acceptors (Lipinski definition) is 12. The van der Waals surface area contributed by atoms with E-state index in [0.29, 0.717) is 81.8 Å². The maximum atomic E-state index is 15.4. The molecule has 1 aliphatic carbocycles. The van der Waals surface area contributed by atoms with E-state index < -0.39 is 17.8 Å². The fraction of sp³-hybridized carbons (Fsp3) is 0.435. The van der Waals surface area contributed by atoms with Crippen LogP contribution < -0.4 is 37.9 Å². The van der Waals surface area contributed by atoms with Gasteiger partial charge in [0.2, 0.25) is 25.4 Å². The number of amides is 2. The predicted octanol–water partition coefficient (Wildman–Crippen LogP) is 4.79. The largest absolute Gasteiger partial charge is 0.493 e. The minimum absolute atomic E-state index is 0.0107. The molecule has 5 aliphatic rings. The molecular weight excluding hydrogens is 769 g/mol. The van der Waals surface area contributed by atoms with Crippen LogP contribution in [0.25, 0.3) is 0 Å². The van der Waals surface area contributed by atoms with Crippen molar-refractivity contribution >= 4 is 11.8 Å². The maximum Gasteiger partial charge on any atom is 0.231 e. The molecule has 3 unspecified atom stereocenters. The normalized spacial score (nSPS) is 21.0. The number of hydrogen-bond donors (Lipinski definition) is 0. The van der Waals surface area contributed by atoms with Crippen LogP contribution in [0.5, 0.6) is 46.0 Å². The summed E-state index contributed by atoms with van der Waals surface area (Å²) < 4.78 is 45.3. The lowest BCUT2D eigenvalue weighted by atomic mass is 9.65. The van der Waals surface area contributed by atoms with Crippen LogP contribution in [-0.2, 0) is 29.1 Å². The topological polar surface area (TPSA) is 121 Å². The van der Waals surface area contributed by atoms with Crippen molar-refractivity contribution < 1.29 is 47.5 Å². The molecule has 0 N–H and O–H groups in total. The molecule has 0 bridgehead atoms. The molecule has 2 saturated heterocycles. The van der Waals surface area contributed by atoms with E-state index >= 15 is 9.59 Å². The van der Waals surface area contributed by atoms with Gasteiger partial charge in [0.05, 0.1) is 40.3 Å². The second-order valence-corrected chi connectivity index (χ2v) is 15.9. The second kappa shape index (κ2) is 17.0. The van der Waals surface area contributed by atoms with Crippen molar-refractivity contribution in [3.05, 3.63) is 94.5 Å². The van der Waals surface area contributed by atoms with E-state index in [1.807, 2.05) is 64.4 Å². The Kier molecular flexibility index (Phi) is 11.2. The minimum Gasteiger partial charge on any atom is -0.493 e. The van der Waals surface area contributed by atoms with E-state index in [4.69, 9.17) is 37.9 Å². The van der Waals surface area contributed by atoms with Gasteiger partial charge in [0, 0.05) is 71.4 Å². The molecule has 14 heteroatoms. The minimum atomic E-state index is -0.701. The van der Waals surface area contributed by atoms with Gasteiger partial charge in [-0.05, 0) is 82.8 Å². The number of nitrogens with zero attached hydrogens (tertiary/aromatic N) is 4. The molecule has 0 aromatic heterocycles. The lowest BCUT2D eigenvalue weighted by Crippen LogP contribution is -2.56. The Morgan fingerprint density at radius 3 is 1.60 bits per heavy atom. The summed E-state index contributed by atoms with van der Waals surface area (Å²) >= 11 is 0. The highest BCUT2D eigenvalue weighted by molar-refractivity contribution is 5.90. The van der Waals surface area contributed by atoms with Crippen molar-refractivity contribution in [2.75, 3.05) is 94.4 Å². The quantitative estimate of drug-likeness (QED) is 0.207. The lowest BCUT2D eigenvalue weighted by molar-refractivity contribution is -0.149. The molecule has 0 radical (unpaired) electrons. The van der Waals surface area contributed by atoms with Crippen LogP contribution in [0, 0.1) is 11.8 Å². The molecule has 0 saturated carbocycles. The fourth-order valence-electron chi connectivity index (χ4n) is 9.47. The molecule has 316 valence electrons. The first-order valence-corrected chi connectivity index (χ1v) is 20.6. The van der Waals surface area contributed by atoms with Crippen LogP contribution in [0.1, 0.15) is 33.7 Å². The van der Waals surface area contributed by atoms with Gasteiger partial charge in [-0.3, -0.25) is 19.4 Å². The van der Waals surface area contributed by atoms with Crippen molar-refractivity contribution in [2.45, 2.75) is 25.4 Å². The van der Waals surface area contributed by atoms with E-state index in [9.17, 15) is 0 Å². The summed E-state index contributed by atoms with van der Waals surface area (Å²) in [6, 6.07) is 21.8. The van der Waals surface area contributed by atoms with Gasteiger partial charge in [0.15, 0.2) is 46.0 Å². The number of fused-ring (bicyclic) bond motifs is 3. The first kappa shape index (κ1) is 39.6. The number of rotatable bonds is 11. The molecule has 3 atom stereocenters. The number of carbonyl (C=O) groups excluding carboxylic acids is 2. The Bertz CT molecular complexity index is 2230. The third-order valence-electron chi connectivity index (χ3n) is 12.6. The number of piperazine rings is 2. The van der Waals surface area contributed by atoms with Crippen molar-refractivity contribution in [1.82, 2.24) is 19.6 Å². The Morgan fingerprint density at radius 2 is 1.05 bits per heavy atom. The Balaban J connectivity index is 1.01. The smallest absolute Gasteiger partial charge is 0.231 e. The first-order chi connectivity index (χ1) is 29.3. The van der Waals surface area contributed by atoms with Gasteiger partial charge in [-0.25, -0.2) is 0 Å². The van der Waals surface area contributed by atoms with Gasteiger partial charge >= 0.3 is 0 Å². The summed E-state index contributed by atoms with van der Waals surface area (Å²) in [5.74, 6) is 3.45. The highest BCUT2D eigenvalue weighted by Gasteiger charge is 2.49. The van der Waals surface area contributed by atoms with Crippen molar-refractivity contribution in [1.29, 1.82) is 0 Å². The zero-order valence-electron chi connectivity index (χ0n) is 34.6. The van der Waals surface area contributed by atoms with Crippen molar-refractivity contribution in [3.63, 3.8) is 0 Å². The molecule has 9 rings (SSSR count). The number of carbonyl (C=O) groups is 2. The maximum absolute atomic E-state index is 15.4. The third-order valence-corrected chi connectivity index (χ3v) is 12.6. The standard InChI is InChI=1S/C46H52N4O10/c1-53-35-10-7-31(22-38(35)54-2)43-33-24-40(56-4)39(55-3)23-32(33)21-34(45(51)49-15-11-47(12-16-49)25-29-5-8-36-41(19-29)59-27-57-36)44(43)46(52)50-17-13-48(14-18-50)26-30-6-9-37-42(20-30)60-28-58-37/h5-10,19-20,22-24,34,43-44H,11-18,21,25-28H2,1-4H3. The molecule has 14 nitrogen and oxygen atoms in total. The van der Waals surface area contributed by atoms with E-state index in [0.717, 1.165) is 63.9 Å². The van der Waals surface area contributed by atoms with E-state index in [1.54, 1.807) is 28.4 Å². The van der Waals surface area contributed by atoms with Gasteiger partial charge in [0.25, 0.3) is 0 Å². The number of benzene rings is 4. The highest BCUT2D eigenvalue weighted by Crippen LogP contribution is 2.50. The molecule has 0 spiro atoms. The Labute approximate surface area is 350 Å². The highest BCUT2D eigenvalue weighted by atomic mass is 16.7. The van der Waals surface area contributed by atoms with E-state index in [1.165, 1.54) is 0 Å². The predicted molar refractivity (Wildman–Crippen MR) is 220 cm³/mol. The Morgan fingerprint density at radius 1 is 0.550 bits per heavy atom. The molecule has 4 aromatic rings. The average Bonchev–Trinajstić information content (AvgIpc) is 3.97. The summed E-state index contributed by atoms with van der Waals surface area (Å²) in [5.41, 5.74) is 4.99. The first-order valence-electron chi connectivity index (χ1n) is 20.6. The third kappa shape index (κ3) is 7.69. The van der Waals surface area contributed by atoms with Crippen LogP contribution in [0.2, 0.25) is 0 Å². The van der Waals surface area contributed by atoms with E-state index in [-0.39, 0.29) is 25.4 Å². The van der Waals surface area contributed by atoms with Crippen LogP contribution in [0.4, 0.5) is 0 Å². The van der Waals surface area contributed by atoms with Gasteiger partial charge in [-0.1, -0.05) is 18.2 Å². The molecule has 4 aliphatic heterocycles. The molecule has 4 aromatic carbocycles. The summed E-state index contributed by atoms with van der Waals surface area (Å²) in [7, 11) is 6.44. The van der Waals surface area contributed by atoms with Gasteiger partial charge in [-0.15, -0.1) is 0 Å². The zero-order valence-corrected chi connectivity index (χ0v) is 34.6. The van der Waals surface area contributed by atoms with Gasteiger partial charge in [-0.2, -0.15) is 0 Å². The van der Waals surface area contributed by atoms with Crippen LogP contribution in [0.15, 0.2) is 66.7 Å². The van der Waals surface area contributed by atoms with Crippen LogP contribution in [-0.4, -0.2) is 126 Å². The van der Waals surface area contributed by atoms with Crippen molar-refractivity contribution in [2.24, 2.45) is 11.8 Å². The van der Waals surface area contributed by atoms with Crippen molar-refractivity contribution in [3.8, 4) is 46.0 Å². The summed E-state index contributed by atoms with van der Waals surface area (Å²) in [5, 5.41) is 0. The summed E-state index contributed by atoms with van der Waals surface area (Å²) in [6.45, 7) is 6.92. The average molecular weight is 821 g/mol. The fourth-order valence-corrected chi connectivity index (χ4v) is 9.47. The van der Waals surface area contributed by atoms with Crippen LogP contribution >= 0.6 is 0 Å². The molecule has 2 amide bonds. The second-order valence-electron chi connectivity index (χ2n) is 15.9. The van der Waals surface area contributed by atoms with Gasteiger partial charge in [0.1, 0.15) is 0 Å². The molecule has 4 heterocycles. The number of methoxy groups -OCH3 is 4. The lowest BCUT2D eigenvalue weighted by Gasteiger charge is -2.45. The number of ether oxygens (including phenoxy) is 8. The zero-order chi connectivity index (χ0) is 41.3. The van der Waals surface area contributed by atoms with E-state index in [2.05, 4.69) is 21.9 Å². The summed E-state index contributed by atoms with van der Waals surface area (Å²) in [4.78, 5) is 39.2. The SMILES string of the molecule is COc1ccc(C2c3cc(OC)c(OC)cc3CC(C(=O)N3CCN(Cc4ccc5c(c4)OCO5)CC3)C2C(=O)N2CCN(Cc3ccc4c(c3)OCO4)CC2)cc1OC. The molecule has 2 fully saturated rings.